The Morgan fingerprint density at radius 3 is 2.47 bits per heavy atom. The van der Waals surface area contributed by atoms with Crippen molar-refractivity contribution in [2.24, 2.45) is 0 Å². The van der Waals surface area contributed by atoms with Gasteiger partial charge in [0.1, 0.15) is 6.10 Å². The van der Waals surface area contributed by atoms with Crippen molar-refractivity contribution in [1.29, 1.82) is 0 Å². The SMILES string of the molecule is CCCS(=O)(=O)N1CCC(NC(=O)C(C)OC)CC1. The van der Waals surface area contributed by atoms with Gasteiger partial charge in [0.25, 0.3) is 0 Å². The minimum Gasteiger partial charge on any atom is -0.372 e. The summed E-state index contributed by atoms with van der Waals surface area (Å²) >= 11 is 0. The van der Waals surface area contributed by atoms with E-state index in [4.69, 9.17) is 4.74 Å². The Kier molecular flexibility index (Phi) is 6.22. The maximum Gasteiger partial charge on any atom is 0.249 e. The van der Waals surface area contributed by atoms with Gasteiger partial charge in [-0.3, -0.25) is 4.79 Å². The second kappa shape index (κ2) is 7.21. The topological polar surface area (TPSA) is 75.7 Å². The molecule has 0 aromatic heterocycles. The zero-order chi connectivity index (χ0) is 14.5. The van der Waals surface area contributed by atoms with Gasteiger partial charge in [-0.1, -0.05) is 6.92 Å². The highest BCUT2D eigenvalue weighted by Gasteiger charge is 2.28. The smallest absolute Gasteiger partial charge is 0.249 e. The lowest BCUT2D eigenvalue weighted by Crippen LogP contribution is -2.49. The highest BCUT2D eigenvalue weighted by Crippen LogP contribution is 2.15. The Balaban J connectivity index is 2.43. The Morgan fingerprint density at radius 2 is 2.00 bits per heavy atom. The summed E-state index contributed by atoms with van der Waals surface area (Å²) in [6.07, 6.45) is 1.47. The second-order valence-electron chi connectivity index (χ2n) is 4.88. The van der Waals surface area contributed by atoms with Crippen molar-refractivity contribution in [3.05, 3.63) is 0 Å². The number of rotatable bonds is 6. The molecule has 6 nitrogen and oxygen atoms in total. The minimum absolute atomic E-state index is 0.0400. The van der Waals surface area contributed by atoms with Gasteiger partial charge < -0.3 is 10.1 Å². The molecule has 1 unspecified atom stereocenters. The number of ether oxygens (including phenoxy) is 1. The van der Waals surface area contributed by atoms with Gasteiger partial charge in [0.15, 0.2) is 0 Å². The molecule has 112 valence electrons. The van der Waals surface area contributed by atoms with Crippen LogP contribution in [0.1, 0.15) is 33.1 Å². The van der Waals surface area contributed by atoms with Crippen molar-refractivity contribution in [3.8, 4) is 0 Å². The first-order chi connectivity index (χ1) is 8.90. The van der Waals surface area contributed by atoms with Crippen molar-refractivity contribution in [1.82, 2.24) is 9.62 Å². The molecular weight excluding hydrogens is 268 g/mol. The molecule has 0 aromatic carbocycles. The van der Waals surface area contributed by atoms with Crippen LogP contribution in [0.15, 0.2) is 0 Å². The van der Waals surface area contributed by atoms with Crippen LogP contribution in [0.5, 0.6) is 0 Å². The Bertz CT molecular complexity index is 389. The number of methoxy groups -OCH3 is 1. The molecule has 1 aliphatic heterocycles. The molecular formula is C12H24N2O4S. The highest BCUT2D eigenvalue weighted by atomic mass is 32.2. The molecule has 7 heteroatoms. The summed E-state index contributed by atoms with van der Waals surface area (Å²) in [5, 5.41) is 2.89. The molecule has 0 spiro atoms. The van der Waals surface area contributed by atoms with E-state index in [1.807, 2.05) is 6.92 Å². The molecule has 1 rings (SSSR count). The molecule has 1 fully saturated rings. The fourth-order valence-corrected chi connectivity index (χ4v) is 3.63. The van der Waals surface area contributed by atoms with E-state index in [9.17, 15) is 13.2 Å². The van der Waals surface area contributed by atoms with Gasteiger partial charge in [0.2, 0.25) is 15.9 Å². The van der Waals surface area contributed by atoms with Crippen LogP contribution >= 0.6 is 0 Å². The Hall–Kier alpha value is -0.660. The molecule has 0 radical (unpaired) electrons. The normalized spacial score (nSPS) is 20.2. The number of nitrogens with zero attached hydrogens (tertiary/aromatic N) is 1. The van der Waals surface area contributed by atoms with Crippen LogP contribution in [0.4, 0.5) is 0 Å². The standard InChI is InChI=1S/C12H24N2O4S/c1-4-9-19(16,17)14-7-5-11(6-8-14)13-12(15)10(2)18-3/h10-11H,4-9H2,1-3H3,(H,13,15). The Labute approximate surface area is 115 Å². The third-order valence-corrected chi connectivity index (χ3v) is 5.45. The van der Waals surface area contributed by atoms with E-state index in [0.717, 1.165) is 0 Å². The van der Waals surface area contributed by atoms with Crippen molar-refractivity contribution in [2.75, 3.05) is 26.0 Å². The fraction of sp³-hybridized carbons (Fsp3) is 0.917. The summed E-state index contributed by atoms with van der Waals surface area (Å²) in [5.41, 5.74) is 0. The number of nitrogens with one attached hydrogen (secondary N) is 1. The molecule has 0 aliphatic carbocycles. The molecule has 19 heavy (non-hydrogen) atoms. The van der Waals surface area contributed by atoms with E-state index in [0.29, 0.717) is 32.4 Å². The van der Waals surface area contributed by atoms with Gasteiger partial charge in [-0.25, -0.2) is 12.7 Å². The van der Waals surface area contributed by atoms with Crippen LogP contribution in [0, 0.1) is 0 Å². The molecule has 1 atom stereocenters. The number of carbonyl (C=O) groups is 1. The highest BCUT2D eigenvalue weighted by molar-refractivity contribution is 7.89. The quantitative estimate of drug-likeness (QED) is 0.766. The first-order valence-electron chi connectivity index (χ1n) is 6.71. The minimum atomic E-state index is -3.11. The van der Waals surface area contributed by atoms with Crippen LogP contribution in [-0.2, 0) is 19.6 Å². The lowest BCUT2D eigenvalue weighted by molar-refractivity contribution is -0.131. The monoisotopic (exact) mass is 292 g/mol. The number of carbonyl (C=O) groups excluding carboxylic acids is 1. The predicted octanol–water partition coefficient (Wildman–Crippen LogP) is 0.342. The van der Waals surface area contributed by atoms with Crippen LogP contribution in [0.2, 0.25) is 0 Å². The van der Waals surface area contributed by atoms with Crippen LogP contribution < -0.4 is 5.32 Å². The maximum atomic E-state index is 11.9. The summed E-state index contributed by atoms with van der Waals surface area (Å²) in [6, 6.07) is 0.0400. The van der Waals surface area contributed by atoms with E-state index in [2.05, 4.69) is 5.32 Å². The lowest BCUT2D eigenvalue weighted by Gasteiger charge is -2.32. The number of hydrogen-bond donors (Lipinski definition) is 1. The van der Waals surface area contributed by atoms with Crippen molar-refractivity contribution in [3.63, 3.8) is 0 Å². The van der Waals surface area contributed by atoms with Crippen molar-refractivity contribution in [2.45, 2.75) is 45.3 Å². The number of hydrogen-bond acceptors (Lipinski definition) is 4. The van der Waals surface area contributed by atoms with E-state index in [1.165, 1.54) is 11.4 Å². The van der Waals surface area contributed by atoms with Gasteiger partial charge in [0.05, 0.1) is 5.75 Å². The van der Waals surface area contributed by atoms with Gasteiger partial charge in [-0.2, -0.15) is 0 Å². The second-order valence-corrected chi connectivity index (χ2v) is 6.96. The third-order valence-electron chi connectivity index (χ3n) is 3.38. The average Bonchev–Trinajstić information content (AvgIpc) is 2.38. The first-order valence-corrected chi connectivity index (χ1v) is 8.32. The van der Waals surface area contributed by atoms with Crippen LogP contribution in [-0.4, -0.2) is 56.7 Å². The van der Waals surface area contributed by atoms with E-state index in [1.54, 1.807) is 6.92 Å². The van der Waals surface area contributed by atoms with Gasteiger partial charge in [-0.05, 0) is 26.2 Å². The van der Waals surface area contributed by atoms with E-state index >= 15 is 0 Å². The summed E-state index contributed by atoms with van der Waals surface area (Å²) in [7, 11) is -1.62. The van der Waals surface area contributed by atoms with Crippen LogP contribution in [0.3, 0.4) is 0 Å². The molecule has 1 aliphatic rings. The summed E-state index contributed by atoms with van der Waals surface area (Å²) in [6.45, 7) is 4.51. The average molecular weight is 292 g/mol. The summed E-state index contributed by atoms with van der Waals surface area (Å²) in [5.74, 6) is 0.0578. The van der Waals surface area contributed by atoms with E-state index in [-0.39, 0.29) is 17.7 Å². The van der Waals surface area contributed by atoms with Crippen molar-refractivity contribution >= 4 is 15.9 Å². The molecule has 0 saturated carbocycles. The lowest BCUT2D eigenvalue weighted by atomic mass is 10.1. The molecule has 1 amide bonds. The third kappa shape index (κ3) is 4.74. The molecule has 1 saturated heterocycles. The Morgan fingerprint density at radius 1 is 1.42 bits per heavy atom. The molecule has 0 aromatic rings. The molecule has 1 N–H and O–H groups in total. The summed E-state index contributed by atoms with van der Waals surface area (Å²) < 4.78 is 30.2. The zero-order valence-corrected chi connectivity index (χ0v) is 12.7. The first kappa shape index (κ1) is 16.4. The zero-order valence-electron chi connectivity index (χ0n) is 11.9. The van der Waals surface area contributed by atoms with Crippen LogP contribution in [0.25, 0.3) is 0 Å². The van der Waals surface area contributed by atoms with Gasteiger partial charge >= 0.3 is 0 Å². The number of piperidine rings is 1. The largest absolute Gasteiger partial charge is 0.372 e. The summed E-state index contributed by atoms with van der Waals surface area (Å²) in [4.78, 5) is 11.7. The molecule has 0 bridgehead atoms. The fourth-order valence-electron chi connectivity index (χ4n) is 2.09. The van der Waals surface area contributed by atoms with Gasteiger partial charge in [-0.15, -0.1) is 0 Å². The number of amides is 1. The van der Waals surface area contributed by atoms with Crippen molar-refractivity contribution < 1.29 is 17.9 Å². The van der Waals surface area contributed by atoms with Gasteiger partial charge in [0, 0.05) is 26.2 Å². The molecule has 1 heterocycles. The number of sulfonamides is 1. The maximum absolute atomic E-state index is 11.9. The van der Waals surface area contributed by atoms with E-state index < -0.39 is 16.1 Å². The predicted molar refractivity (Wildman–Crippen MR) is 73.3 cm³/mol.